The van der Waals surface area contributed by atoms with Crippen molar-refractivity contribution in [1.29, 1.82) is 5.26 Å². The number of aromatic nitrogens is 2. The number of piperidine rings is 1. The molecule has 1 amide bonds. The summed E-state index contributed by atoms with van der Waals surface area (Å²) in [4.78, 5) is 18.8. The minimum atomic E-state index is -0.678. The molecule has 0 spiro atoms. The van der Waals surface area contributed by atoms with Gasteiger partial charge in [0.2, 0.25) is 0 Å². The average Bonchev–Trinajstić information content (AvgIpc) is 3.29. The van der Waals surface area contributed by atoms with E-state index in [1.165, 1.54) is 12.1 Å². The molecule has 4 rings (SSSR count). The summed E-state index contributed by atoms with van der Waals surface area (Å²) < 4.78 is 24.8. The number of hydrogen-bond donors (Lipinski definition) is 0. The minimum Gasteiger partial charge on any atom is -0.497 e. The number of amides is 1. The molecule has 152 valence electrons. The van der Waals surface area contributed by atoms with Gasteiger partial charge in [-0.25, -0.2) is 4.39 Å². The van der Waals surface area contributed by atoms with E-state index in [9.17, 15) is 9.18 Å². The highest BCUT2D eigenvalue weighted by Gasteiger charge is 2.28. The molecule has 2 heterocycles. The Morgan fingerprint density at radius 2 is 2.07 bits per heavy atom. The van der Waals surface area contributed by atoms with Crippen molar-refractivity contribution in [2.45, 2.75) is 18.8 Å². The third-order valence-corrected chi connectivity index (χ3v) is 5.23. The molecule has 3 aromatic rings. The van der Waals surface area contributed by atoms with Crippen LogP contribution in [0.5, 0.6) is 5.75 Å². The van der Waals surface area contributed by atoms with Crippen LogP contribution < -0.4 is 4.74 Å². The van der Waals surface area contributed by atoms with Crippen LogP contribution in [0, 0.1) is 17.1 Å². The van der Waals surface area contributed by atoms with E-state index in [-0.39, 0.29) is 23.0 Å². The summed E-state index contributed by atoms with van der Waals surface area (Å²) in [5, 5.41) is 13.0. The molecule has 30 heavy (non-hydrogen) atoms. The van der Waals surface area contributed by atoms with E-state index in [2.05, 4.69) is 10.1 Å². The molecular formula is C22H19FN4O3. The molecule has 0 saturated carbocycles. The lowest BCUT2D eigenvalue weighted by Gasteiger charge is -2.30. The van der Waals surface area contributed by atoms with Crippen molar-refractivity contribution in [3.05, 3.63) is 65.2 Å². The number of carbonyl (C=O) groups excluding carboxylic acids is 1. The number of nitriles is 1. The SMILES string of the molecule is COc1cccc(-c2nc(C3CCN(C(=O)c4ccc(C#N)cc4F)CC3)no2)c1. The zero-order valence-corrected chi connectivity index (χ0v) is 16.3. The van der Waals surface area contributed by atoms with Crippen molar-refractivity contribution in [2.75, 3.05) is 20.2 Å². The summed E-state index contributed by atoms with van der Waals surface area (Å²) in [6.07, 6.45) is 1.31. The van der Waals surface area contributed by atoms with Crippen LogP contribution in [0.1, 0.15) is 40.5 Å². The minimum absolute atomic E-state index is 0.0210. The average molecular weight is 406 g/mol. The Morgan fingerprint density at radius 1 is 1.27 bits per heavy atom. The van der Waals surface area contributed by atoms with Gasteiger partial charge in [0.25, 0.3) is 11.8 Å². The van der Waals surface area contributed by atoms with Crippen LogP contribution in [0.4, 0.5) is 4.39 Å². The van der Waals surface area contributed by atoms with Gasteiger partial charge in [0.05, 0.1) is 24.3 Å². The quantitative estimate of drug-likeness (QED) is 0.655. The molecule has 7 nitrogen and oxygen atoms in total. The number of halogens is 1. The second-order valence-electron chi connectivity index (χ2n) is 7.06. The number of carbonyl (C=O) groups is 1. The number of nitrogens with zero attached hydrogens (tertiary/aromatic N) is 4. The van der Waals surface area contributed by atoms with Gasteiger partial charge in [-0.1, -0.05) is 11.2 Å². The lowest BCUT2D eigenvalue weighted by molar-refractivity contribution is 0.0706. The first kappa shape index (κ1) is 19.6. The molecule has 1 aliphatic rings. The highest BCUT2D eigenvalue weighted by atomic mass is 19.1. The van der Waals surface area contributed by atoms with Gasteiger partial charge in [-0.05, 0) is 49.2 Å². The fourth-order valence-electron chi connectivity index (χ4n) is 3.54. The number of methoxy groups -OCH3 is 1. The summed E-state index contributed by atoms with van der Waals surface area (Å²) in [5.74, 6) is 0.728. The van der Waals surface area contributed by atoms with Crippen LogP contribution in [-0.2, 0) is 0 Å². The zero-order chi connectivity index (χ0) is 21.1. The van der Waals surface area contributed by atoms with Crippen molar-refractivity contribution in [1.82, 2.24) is 15.0 Å². The molecule has 1 aromatic heterocycles. The molecule has 0 atom stereocenters. The number of hydrogen-bond acceptors (Lipinski definition) is 6. The Morgan fingerprint density at radius 3 is 2.77 bits per heavy atom. The van der Waals surface area contributed by atoms with Crippen LogP contribution in [0.25, 0.3) is 11.5 Å². The smallest absolute Gasteiger partial charge is 0.258 e. The molecule has 0 unspecified atom stereocenters. The molecule has 0 radical (unpaired) electrons. The number of rotatable bonds is 4. The standard InChI is InChI=1S/C22H19FN4O3/c1-29-17-4-2-3-16(12-17)21-25-20(26-30-21)15-7-9-27(10-8-15)22(28)18-6-5-14(13-24)11-19(18)23/h2-6,11-12,15H,7-10H2,1H3. The molecule has 0 N–H and O–H groups in total. The second kappa shape index (κ2) is 8.33. The van der Waals surface area contributed by atoms with Gasteiger partial charge in [-0.3, -0.25) is 4.79 Å². The fourth-order valence-corrected chi connectivity index (χ4v) is 3.54. The van der Waals surface area contributed by atoms with E-state index >= 15 is 0 Å². The van der Waals surface area contributed by atoms with Gasteiger partial charge in [0.15, 0.2) is 5.82 Å². The molecule has 0 bridgehead atoms. The maximum absolute atomic E-state index is 14.2. The Bertz CT molecular complexity index is 1110. The first-order valence-electron chi connectivity index (χ1n) is 9.56. The van der Waals surface area contributed by atoms with Crippen molar-refractivity contribution < 1.29 is 18.4 Å². The van der Waals surface area contributed by atoms with E-state index in [1.807, 2.05) is 30.3 Å². The summed E-state index contributed by atoms with van der Waals surface area (Å²) in [6, 6.07) is 13.1. The van der Waals surface area contributed by atoms with E-state index in [0.717, 1.165) is 11.6 Å². The number of ether oxygens (including phenoxy) is 1. The molecule has 1 saturated heterocycles. The van der Waals surface area contributed by atoms with Crippen molar-refractivity contribution in [2.24, 2.45) is 0 Å². The normalized spacial score (nSPS) is 14.4. The van der Waals surface area contributed by atoms with Gasteiger partial charge in [0.1, 0.15) is 11.6 Å². The predicted octanol–water partition coefficient (Wildman–Crippen LogP) is 3.78. The fraction of sp³-hybridized carbons (Fsp3) is 0.273. The Labute approximate surface area is 172 Å². The monoisotopic (exact) mass is 406 g/mol. The second-order valence-corrected chi connectivity index (χ2v) is 7.06. The summed E-state index contributed by atoms with van der Waals surface area (Å²) in [7, 11) is 1.59. The largest absolute Gasteiger partial charge is 0.497 e. The molecule has 1 fully saturated rings. The Kier molecular flexibility index (Phi) is 5.44. The number of benzene rings is 2. The molecular weight excluding hydrogens is 387 g/mol. The molecule has 8 heteroatoms. The van der Waals surface area contributed by atoms with Gasteiger partial charge in [0, 0.05) is 24.6 Å². The van der Waals surface area contributed by atoms with E-state index in [0.29, 0.717) is 43.4 Å². The first-order valence-corrected chi connectivity index (χ1v) is 9.56. The summed E-state index contributed by atoms with van der Waals surface area (Å²) in [6.45, 7) is 0.929. The van der Waals surface area contributed by atoms with Gasteiger partial charge < -0.3 is 14.2 Å². The van der Waals surface area contributed by atoms with E-state index < -0.39 is 5.82 Å². The third-order valence-electron chi connectivity index (χ3n) is 5.23. The predicted molar refractivity (Wildman–Crippen MR) is 105 cm³/mol. The van der Waals surface area contributed by atoms with Gasteiger partial charge >= 0.3 is 0 Å². The third kappa shape index (κ3) is 3.87. The lowest BCUT2D eigenvalue weighted by atomic mass is 9.95. The van der Waals surface area contributed by atoms with Crippen LogP contribution in [0.15, 0.2) is 47.0 Å². The van der Waals surface area contributed by atoms with E-state index in [4.69, 9.17) is 14.5 Å². The lowest BCUT2D eigenvalue weighted by Crippen LogP contribution is -2.38. The highest BCUT2D eigenvalue weighted by molar-refractivity contribution is 5.94. The topological polar surface area (TPSA) is 92.2 Å². The van der Waals surface area contributed by atoms with Crippen LogP contribution >= 0.6 is 0 Å². The number of likely N-dealkylation sites (tertiary alicyclic amines) is 1. The van der Waals surface area contributed by atoms with Crippen LogP contribution in [0.3, 0.4) is 0 Å². The Hall–Kier alpha value is -3.73. The van der Waals surface area contributed by atoms with Crippen molar-refractivity contribution >= 4 is 5.91 Å². The first-order chi connectivity index (χ1) is 14.6. The van der Waals surface area contributed by atoms with Gasteiger partial charge in [-0.15, -0.1) is 0 Å². The summed E-state index contributed by atoms with van der Waals surface area (Å²) >= 11 is 0. The molecule has 0 aliphatic carbocycles. The van der Waals surface area contributed by atoms with Crippen molar-refractivity contribution in [3.63, 3.8) is 0 Å². The highest BCUT2D eigenvalue weighted by Crippen LogP contribution is 2.29. The van der Waals surface area contributed by atoms with Crippen LogP contribution in [0.2, 0.25) is 0 Å². The van der Waals surface area contributed by atoms with Crippen molar-refractivity contribution in [3.8, 4) is 23.3 Å². The molecule has 2 aromatic carbocycles. The summed E-state index contributed by atoms with van der Waals surface area (Å²) in [5.41, 5.74) is 0.941. The van der Waals surface area contributed by atoms with Crippen LogP contribution in [-0.4, -0.2) is 41.1 Å². The molecule has 1 aliphatic heterocycles. The van der Waals surface area contributed by atoms with E-state index in [1.54, 1.807) is 12.0 Å². The Balaban J connectivity index is 1.42. The zero-order valence-electron chi connectivity index (χ0n) is 16.3. The maximum atomic E-state index is 14.2. The maximum Gasteiger partial charge on any atom is 0.258 e. The van der Waals surface area contributed by atoms with Gasteiger partial charge in [-0.2, -0.15) is 10.2 Å².